The summed E-state index contributed by atoms with van der Waals surface area (Å²) in [6.45, 7) is 7.58. The van der Waals surface area contributed by atoms with Gasteiger partial charge in [0.2, 0.25) is 0 Å². The van der Waals surface area contributed by atoms with E-state index in [1.165, 1.54) is 0 Å². The first-order valence-corrected chi connectivity index (χ1v) is 7.36. The van der Waals surface area contributed by atoms with E-state index in [0.717, 1.165) is 19.5 Å². The fraction of sp³-hybridized carbons (Fsp3) is 0.571. The molecule has 0 aromatic carbocycles. The molecule has 2 N–H and O–H groups in total. The molecule has 1 amide bonds. The van der Waals surface area contributed by atoms with Gasteiger partial charge in [0.05, 0.1) is 5.02 Å². The molecule has 1 aromatic rings. The van der Waals surface area contributed by atoms with Crippen LogP contribution in [0.15, 0.2) is 12.1 Å². The third-order valence-corrected chi connectivity index (χ3v) is 4.19. The summed E-state index contributed by atoms with van der Waals surface area (Å²) in [5, 5.41) is 0.355. The monoisotopic (exact) mass is 296 g/mol. The Bertz CT molecular complexity index is 486. The minimum Gasteiger partial charge on any atom is -0.384 e. The molecule has 2 heterocycles. The Labute approximate surface area is 124 Å². The highest BCUT2D eigenvalue weighted by Gasteiger charge is 2.26. The number of halogens is 1. The maximum absolute atomic E-state index is 12.4. The van der Waals surface area contributed by atoms with Gasteiger partial charge in [-0.3, -0.25) is 9.69 Å². The van der Waals surface area contributed by atoms with Crippen molar-refractivity contribution in [1.29, 1.82) is 0 Å². The first-order chi connectivity index (χ1) is 9.52. The second-order valence-electron chi connectivity index (χ2n) is 5.15. The SMILES string of the molecule is CCC(C)N1CCN(C(=O)c2nc(N)ccc2Cl)CC1. The summed E-state index contributed by atoms with van der Waals surface area (Å²) in [5.41, 5.74) is 5.88. The number of carbonyl (C=O) groups is 1. The largest absolute Gasteiger partial charge is 0.384 e. The predicted molar refractivity (Wildman–Crippen MR) is 80.9 cm³/mol. The van der Waals surface area contributed by atoms with E-state index in [-0.39, 0.29) is 11.6 Å². The molecule has 1 atom stereocenters. The van der Waals surface area contributed by atoms with Crippen LogP contribution in [-0.4, -0.2) is 52.9 Å². The second-order valence-corrected chi connectivity index (χ2v) is 5.56. The summed E-state index contributed by atoms with van der Waals surface area (Å²) in [7, 11) is 0. The highest BCUT2D eigenvalue weighted by atomic mass is 35.5. The third kappa shape index (κ3) is 3.22. The summed E-state index contributed by atoms with van der Waals surface area (Å²) in [6, 6.07) is 3.77. The third-order valence-electron chi connectivity index (χ3n) is 3.89. The van der Waals surface area contributed by atoms with E-state index in [1.807, 2.05) is 0 Å². The van der Waals surface area contributed by atoms with Gasteiger partial charge in [-0.25, -0.2) is 4.98 Å². The summed E-state index contributed by atoms with van der Waals surface area (Å²) >= 11 is 6.04. The Morgan fingerprint density at radius 3 is 2.65 bits per heavy atom. The minimum absolute atomic E-state index is 0.133. The normalized spacial score (nSPS) is 18.1. The molecule has 1 aliphatic heterocycles. The molecule has 110 valence electrons. The van der Waals surface area contributed by atoms with Crippen LogP contribution in [0.25, 0.3) is 0 Å². The number of carbonyl (C=O) groups excluding carboxylic acids is 1. The van der Waals surface area contributed by atoms with Crippen molar-refractivity contribution in [2.75, 3.05) is 31.9 Å². The maximum atomic E-state index is 12.4. The quantitative estimate of drug-likeness (QED) is 0.925. The zero-order valence-electron chi connectivity index (χ0n) is 12.0. The van der Waals surface area contributed by atoms with Gasteiger partial charge < -0.3 is 10.6 Å². The molecule has 0 aliphatic carbocycles. The van der Waals surface area contributed by atoms with Crippen LogP contribution in [0, 0.1) is 0 Å². The average Bonchev–Trinajstić information content (AvgIpc) is 2.48. The van der Waals surface area contributed by atoms with Crippen molar-refractivity contribution in [1.82, 2.24) is 14.8 Å². The summed E-state index contributed by atoms with van der Waals surface area (Å²) in [4.78, 5) is 20.7. The Hall–Kier alpha value is -1.33. The molecule has 1 aromatic heterocycles. The number of nitrogens with zero attached hydrogens (tertiary/aromatic N) is 3. The van der Waals surface area contributed by atoms with E-state index in [2.05, 4.69) is 23.7 Å². The summed E-state index contributed by atoms with van der Waals surface area (Å²) in [5.74, 6) is 0.182. The molecule has 1 saturated heterocycles. The molecule has 20 heavy (non-hydrogen) atoms. The highest BCUT2D eigenvalue weighted by Crippen LogP contribution is 2.18. The van der Waals surface area contributed by atoms with Crippen molar-refractivity contribution in [3.05, 3.63) is 22.8 Å². The van der Waals surface area contributed by atoms with Crippen LogP contribution >= 0.6 is 11.6 Å². The van der Waals surface area contributed by atoms with Crippen LogP contribution in [0.5, 0.6) is 0 Å². The van der Waals surface area contributed by atoms with Crippen LogP contribution in [-0.2, 0) is 0 Å². The van der Waals surface area contributed by atoms with E-state index in [9.17, 15) is 4.79 Å². The van der Waals surface area contributed by atoms with E-state index >= 15 is 0 Å². The minimum atomic E-state index is -0.133. The zero-order chi connectivity index (χ0) is 14.7. The Kier molecular flexibility index (Phi) is 4.83. The van der Waals surface area contributed by atoms with Gasteiger partial charge in [0.25, 0.3) is 5.91 Å². The van der Waals surface area contributed by atoms with Gasteiger partial charge in [-0.05, 0) is 25.5 Å². The number of rotatable bonds is 3. The Morgan fingerprint density at radius 1 is 1.40 bits per heavy atom. The van der Waals surface area contributed by atoms with Gasteiger partial charge in [0.15, 0.2) is 0 Å². The van der Waals surface area contributed by atoms with Gasteiger partial charge >= 0.3 is 0 Å². The van der Waals surface area contributed by atoms with Crippen molar-refractivity contribution < 1.29 is 4.79 Å². The Morgan fingerprint density at radius 2 is 2.05 bits per heavy atom. The number of nitrogen functional groups attached to an aromatic ring is 1. The van der Waals surface area contributed by atoms with Crippen molar-refractivity contribution in [2.24, 2.45) is 0 Å². The number of piperazine rings is 1. The molecule has 1 fully saturated rings. The van der Waals surface area contributed by atoms with Crippen LogP contribution in [0.4, 0.5) is 5.82 Å². The lowest BCUT2D eigenvalue weighted by Crippen LogP contribution is -2.51. The fourth-order valence-corrected chi connectivity index (χ4v) is 2.57. The molecule has 1 aliphatic rings. The number of amides is 1. The lowest BCUT2D eigenvalue weighted by Gasteiger charge is -2.37. The molecule has 0 radical (unpaired) electrons. The van der Waals surface area contributed by atoms with Crippen molar-refractivity contribution in [2.45, 2.75) is 26.3 Å². The van der Waals surface area contributed by atoms with Gasteiger partial charge in [-0.2, -0.15) is 0 Å². The van der Waals surface area contributed by atoms with Crippen LogP contribution in [0.1, 0.15) is 30.8 Å². The number of aromatic nitrogens is 1. The standard InChI is InChI=1S/C14H21ClN4O/c1-3-10(2)18-6-8-19(9-7-18)14(20)13-11(15)4-5-12(16)17-13/h4-5,10H,3,6-9H2,1-2H3,(H2,16,17). The smallest absolute Gasteiger partial charge is 0.274 e. The van der Waals surface area contributed by atoms with Crippen molar-refractivity contribution in [3.63, 3.8) is 0 Å². The molecule has 0 saturated carbocycles. The van der Waals surface area contributed by atoms with Crippen LogP contribution < -0.4 is 5.73 Å². The number of nitrogens with two attached hydrogens (primary N) is 1. The number of hydrogen-bond donors (Lipinski definition) is 1. The van der Waals surface area contributed by atoms with E-state index in [1.54, 1.807) is 17.0 Å². The first kappa shape index (κ1) is 15.1. The molecule has 0 spiro atoms. The molecular weight excluding hydrogens is 276 g/mol. The average molecular weight is 297 g/mol. The van der Waals surface area contributed by atoms with Gasteiger partial charge in [-0.1, -0.05) is 18.5 Å². The summed E-state index contributed by atoms with van der Waals surface area (Å²) < 4.78 is 0. The molecular formula is C14H21ClN4O. The predicted octanol–water partition coefficient (Wildman–Crippen LogP) is 1.87. The molecule has 5 nitrogen and oxygen atoms in total. The Balaban J connectivity index is 2.03. The lowest BCUT2D eigenvalue weighted by atomic mass is 10.2. The summed E-state index contributed by atoms with van der Waals surface area (Å²) in [6.07, 6.45) is 1.12. The topological polar surface area (TPSA) is 62.5 Å². The van der Waals surface area contributed by atoms with Gasteiger partial charge in [-0.15, -0.1) is 0 Å². The number of hydrogen-bond acceptors (Lipinski definition) is 4. The fourth-order valence-electron chi connectivity index (χ4n) is 2.38. The highest BCUT2D eigenvalue weighted by molar-refractivity contribution is 6.33. The van der Waals surface area contributed by atoms with E-state index in [0.29, 0.717) is 30.0 Å². The van der Waals surface area contributed by atoms with Crippen molar-refractivity contribution in [3.8, 4) is 0 Å². The molecule has 0 bridgehead atoms. The first-order valence-electron chi connectivity index (χ1n) is 6.98. The van der Waals surface area contributed by atoms with E-state index in [4.69, 9.17) is 17.3 Å². The molecule has 1 unspecified atom stereocenters. The van der Waals surface area contributed by atoms with E-state index < -0.39 is 0 Å². The number of anilines is 1. The van der Waals surface area contributed by atoms with Crippen LogP contribution in [0.2, 0.25) is 5.02 Å². The second kappa shape index (κ2) is 6.41. The molecule has 6 heteroatoms. The lowest BCUT2D eigenvalue weighted by molar-refractivity contribution is 0.0574. The zero-order valence-corrected chi connectivity index (χ0v) is 12.7. The molecule has 2 rings (SSSR count). The van der Waals surface area contributed by atoms with Crippen molar-refractivity contribution >= 4 is 23.3 Å². The number of pyridine rings is 1. The van der Waals surface area contributed by atoms with Gasteiger partial charge in [0, 0.05) is 32.2 Å². The maximum Gasteiger partial charge on any atom is 0.274 e. The van der Waals surface area contributed by atoms with Gasteiger partial charge in [0.1, 0.15) is 11.5 Å². The van der Waals surface area contributed by atoms with Crippen LogP contribution in [0.3, 0.4) is 0 Å².